The molecule has 1 aromatic heterocycles. The molecule has 1 amide bonds. The number of hydrogen-bond donors (Lipinski definition) is 2. The molecule has 5 aromatic rings. The summed E-state index contributed by atoms with van der Waals surface area (Å²) in [5, 5.41) is 2.71. The first-order chi connectivity index (χ1) is 22.1. The number of esters is 1. The lowest BCUT2D eigenvalue weighted by Gasteiger charge is -2.20. The number of likely N-dealkylation sites (N-methyl/N-ethyl adjacent to an activating group) is 1. The van der Waals surface area contributed by atoms with Crippen molar-refractivity contribution in [1.29, 1.82) is 0 Å². The van der Waals surface area contributed by atoms with Crippen molar-refractivity contribution in [2.75, 3.05) is 6.54 Å². The number of aromatic amines is 1. The van der Waals surface area contributed by atoms with Crippen LogP contribution >= 0.6 is 0 Å². The molecule has 9 heteroatoms. The van der Waals surface area contributed by atoms with Crippen molar-refractivity contribution in [2.45, 2.75) is 32.0 Å². The number of amides is 1. The van der Waals surface area contributed by atoms with Gasteiger partial charge in [0, 0.05) is 35.1 Å². The average Bonchev–Trinajstić information content (AvgIpc) is 3.57. The number of alkyl halides is 3. The van der Waals surface area contributed by atoms with E-state index in [1.54, 1.807) is 86.8 Å². The number of carbonyl (C=O) groups is 3. The average molecular weight is 625 g/mol. The van der Waals surface area contributed by atoms with Gasteiger partial charge in [0.2, 0.25) is 6.10 Å². The van der Waals surface area contributed by atoms with Crippen LogP contribution in [0.25, 0.3) is 22.4 Å². The van der Waals surface area contributed by atoms with Gasteiger partial charge in [-0.3, -0.25) is 14.4 Å². The summed E-state index contributed by atoms with van der Waals surface area (Å²) in [6.07, 6.45) is -3.94. The zero-order valence-corrected chi connectivity index (χ0v) is 25.1. The van der Waals surface area contributed by atoms with E-state index in [4.69, 9.17) is 4.74 Å². The second kappa shape index (κ2) is 13.7. The molecule has 2 N–H and O–H groups in total. The summed E-state index contributed by atoms with van der Waals surface area (Å²) in [7, 11) is 0. The highest BCUT2D eigenvalue weighted by Crippen LogP contribution is 2.33. The van der Waals surface area contributed by atoms with E-state index in [1.807, 2.05) is 18.2 Å². The second-order valence-corrected chi connectivity index (χ2v) is 10.7. The summed E-state index contributed by atoms with van der Waals surface area (Å²) in [4.78, 5) is 42.4. The Balaban J connectivity index is 1.31. The second-order valence-electron chi connectivity index (χ2n) is 10.7. The first-order valence-electron chi connectivity index (χ1n) is 14.7. The molecule has 6 nitrogen and oxygen atoms in total. The maximum absolute atomic E-state index is 13.5. The van der Waals surface area contributed by atoms with Crippen LogP contribution in [0.4, 0.5) is 13.2 Å². The van der Waals surface area contributed by atoms with Gasteiger partial charge in [-0.1, -0.05) is 91.0 Å². The molecule has 0 saturated heterocycles. The van der Waals surface area contributed by atoms with Crippen LogP contribution in [0.15, 0.2) is 115 Å². The Hall–Kier alpha value is -5.44. The standard InChI is InChI=1S/C37H31F3N2O4/c1-3-41-35(44)34(27-9-5-4-6-10-27)46-36(45)23(2)24-13-15-26(16-14-24)32-21-28(22-42-32)33(43)31-12-8-7-11-30(31)25-17-19-29(20-18-25)37(38,39)40/h4-23,34,42H,3H2,1-2H3,(H,41,44). The van der Waals surface area contributed by atoms with Gasteiger partial charge in [0.15, 0.2) is 5.78 Å². The molecular formula is C37H31F3N2O4. The topological polar surface area (TPSA) is 88.3 Å². The predicted molar refractivity (Wildman–Crippen MR) is 169 cm³/mol. The van der Waals surface area contributed by atoms with E-state index < -0.39 is 35.6 Å². The SMILES string of the molecule is CCNC(=O)C(OC(=O)C(C)c1ccc(-c2cc(C(=O)c3ccccc3-c3ccc(C(F)(F)F)cc3)c[nH]2)cc1)c1ccccc1. The van der Waals surface area contributed by atoms with Crippen LogP contribution < -0.4 is 5.32 Å². The molecular weight excluding hydrogens is 593 g/mol. The van der Waals surface area contributed by atoms with Gasteiger partial charge < -0.3 is 15.0 Å². The molecule has 0 saturated carbocycles. The van der Waals surface area contributed by atoms with E-state index in [0.29, 0.717) is 45.6 Å². The van der Waals surface area contributed by atoms with Crippen molar-refractivity contribution in [3.8, 4) is 22.4 Å². The highest BCUT2D eigenvalue weighted by atomic mass is 19.4. The van der Waals surface area contributed by atoms with Crippen molar-refractivity contribution in [3.05, 3.63) is 143 Å². The zero-order valence-electron chi connectivity index (χ0n) is 25.1. The highest BCUT2D eigenvalue weighted by Gasteiger charge is 2.30. The largest absolute Gasteiger partial charge is 0.447 e. The van der Waals surface area contributed by atoms with Crippen molar-refractivity contribution in [1.82, 2.24) is 10.3 Å². The minimum atomic E-state index is -4.45. The molecule has 1 heterocycles. The molecule has 234 valence electrons. The van der Waals surface area contributed by atoms with Crippen LogP contribution in [0.3, 0.4) is 0 Å². The van der Waals surface area contributed by atoms with E-state index >= 15 is 0 Å². The molecule has 0 spiro atoms. The van der Waals surface area contributed by atoms with Gasteiger partial charge in [-0.15, -0.1) is 0 Å². The Morgan fingerprint density at radius 1 is 0.804 bits per heavy atom. The zero-order chi connectivity index (χ0) is 32.8. The highest BCUT2D eigenvalue weighted by molar-refractivity contribution is 6.13. The Kier molecular flexibility index (Phi) is 9.51. The quantitative estimate of drug-likeness (QED) is 0.121. The summed E-state index contributed by atoms with van der Waals surface area (Å²) < 4.78 is 44.8. The van der Waals surface area contributed by atoms with Crippen LogP contribution in [0.1, 0.15) is 58.5 Å². The maximum atomic E-state index is 13.5. The number of ketones is 1. The number of nitrogens with one attached hydrogen (secondary N) is 2. The van der Waals surface area contributed by atoms with E-state index in [9.17, 15) is 27.6 Å². The van der Waals surface area contributed by atoms with Gasteiger partial charge in [0.1, 0.15) is 0 Å². The van der Waals surface area contributed by atoms with Gasteiger partial charge in [-0.25, -0.2) is 0 Å². The number of carbonyl (C=O) groups excluding carboxylic acids is 3. The van der Waals surface area contributed by atoms with Crippen LogP contribution in [0.5, 0.6) is 0 Å². The fraction of sp³-hybridized carbons (Fsp3) is 0.162. The molecule has 2 unspecified atom stereocenters. The van der Waals surface area contributed by atoms with Crippen molar-refractivity contribution in [3.63, 3.8) is 0 Å². The molecule has 0 bridgehead atoms. The number of aromatic nitrogens is 1. The number of H-pyrrole nitrogens is 1. The van der Waals surface area contributed by atoms with Gasteiger partial charge in [-0.2, -0.15) is 13.2 Å². The van der Waals surface area contributed by atoms with Gasteiger partial charge in [0.25, 0.3) is 5.91 Å². The molecule has 5 rings (SSSR count). The van der Waals surface area contributed by atoms with Crippen LogP contribution in [0.2, 0.25) is 0 Å². The number of halogens is 3. The minimum absolute atomic E-state index is 0.286. The first kappa shape index (κ1) is 32.0. The van der Waals surface area contributed by atoms with E-state index in [1.165, 1.54) is 12.1 Å². The van der Waals surface area contributed by atoms with E-state index in [0.717, 1.165) is 17.7 Å². The van der Waals surface area contributed by atoms with Crippen LogP contribution in [-0.2, 0) is 20.5 Å². The predicted octanol–water partition coefficient (Wildman–Crippen LogP) is 8.12. The van der Waals surface area contributed by atoms with E-state index in [2.05, 4.69) is 10.3 Å². The number of ether oxygens (including phenoxy) is 1. The Morgan fingerprint density at radius 2 is 1.43 bits per heavy atom. The summed E-state index contributed by atoms with van der Waals surface area (Å²) in [6.45, 7) is 3.89. The van der Waals surface area contributed by atoms with Gasteiger partial charge in [0.05, 0.1) is 11.5 Å². The minimum Gasteiger partial charge on any atom is -0.447 e. The lowest BCUT2D eigenvalue weighted by atomic mass is 9.94. The monoisotopic (exact) mass is 624 g/mol. The number of benzene rings is 4. The van der Waals surface area contributed by atoms with Crippen LogP contribution in [0, 0.1) is 0 Å². The molecule has 4 aromatic carbocycles. The van der Waals surface area contributed by atoms with Crippen molar-refractivity contribution < 1.29 is 32.3 Å². The Labute approximate surface area is 264 Å². The fourth-order valence-electron chi connectivity index (χ4n) is 5.09. The molecule has 0 radical (unpaired) electrons. The van der Waals surface area contributed by atoms with Gasteiger partial charge in [-0.05, 0) is 54.3 Å². The Morgan fingerprint density at radius 3 is 2.09 bits per heavy atom. The number of hydrogen-bond acceptors (Lipinski definition) is 4. The smallest absolute Gasteiger partial charge is 0.416 e. The van der Waals surface area contributed by atoms with Crippen LogP contribution in [-0.4, -0.2) is 29.2 Å². The number of rotatable bonds is 10. The molecule has 0 aliphatic carbocycles. The fourth-order valence-corrected chi connectivity index (χ4v) is 5.09. The molecule has 0 fully saturated rings. The lowest BCUT2D eigenvalue weighted by Crippen LogP contribution is -2.32. The third-order valence-electron chi connectivity index (χ3n) is 7.64. The van der Waals surface area contributed by atoms with Crippen molar-refractivity contribution >= 4 is 17.7 Å². The molecule has 0 aliphatic rings. The van der Waals surface area contributed by atoms with E-state index in [-0.39, 0.29) is 5.78 Å². The summed E-state index contributed by atoms with van der Waals surface area (Å²) in [6, 6.07) is 29.2. The summed E-state index contributed by atoms with van der Waals surface area (Å²) >= 11 is 0. The van der Waals surface area contributed by atoms with Gasteiger partial charge >= 0.3 is 12.1 Å². The third kappa shape index (κ3) is 7.10. The molecule has 46 heavy (non-hydrogen) atoms. The summed E-state index contributed by atoms with van der Waals surface area (Å²) in [5.41, 5.74) is 3.69. The molecule has 0 aliphatic heterocycles. The van der Waals surface area contributed by atoms with Crippen molar-refractivity contribution in [2.24, 2.45) is 0 Å². The third-order valence-corrected chi connectivity index (χ3v) is 7.64. The normalized spacial score (nSPS) is 12.6. The summed E-state index contributed by atoms with van der Waals surface area (Å²) in [5.74, 6) is -1.89. The first-order valence-corrected chi connectivity index (χ1v) is 14.7. The lowest BCUT2D eigenvalue weighted by molar-refractivity contribution is -0.157. The molecule has 2 atom stereocenters. The Bertz CT molecular complexity index is 1830. The maximum Gasteiger partial charge on any atom is 0.416 e.